The molecule has 2 aromatic heterocycles. The lowest BCUT2D eigenvalue weighted by Gasteiger charge is -2.34. The maximum absolute atomic E-state index is 2.66. The van der Waals surface area contributed by atoms with Gasteiger partial charge in [0.1, 0.15) is 0 Å². The Bertz CT molecular complexity index is 2200. The summed E-state index contributed by atoms with van der Waals surface area (Å²) < 4.78 is 2.50. The molecule has 0 N–H and O–H groups in total. The second-order valence-electron chi connectivity index (χ2n) is 16.3. The van der Waals surface area contributed by atoms with Gasteiger partial charge in [0.25, 0.3) is 0 Å². The molecule has 52 heavy (non-hydrogen) atoms. The number of fused-ring (bicyclic) bond motifs is 9. The molecule has 0 saturated carbocycles. The predicted octanol–water partition coefficient (Wildman–Crippen LogP) is 15.8. The van der Waals surface area contributed by atoms with Gasteiger partial charge in [0.2, 0.25) is 0 Å². The van der Waals surface area contributed by atoms with Gasteiger partial charge in [0.05, 0.1) is 16.6 Å². The molecular weight excluding hydrogens is 627 g/mol. The molecular formula is C51H59N. The van der Waals surface area contributed by atoms with Gasteiger partial charge in [0.15, 0.2) is 0 Å². The monoisotopic (exact) mass is 685 g/mol. The van der Waals surface area contributed by atoms with Gasteiger partial charge in [-0.15, -0.1) is 0 Å². The van der Waals surface area contributed by atoms with E-state index in [0.717, 1.165) is 0 Å². The van der Waals surface area contributed by atoms with Gasteiger partial charge in [-0.25, -0.2) is 0 Å². The Morgan fingerprint density at radius 2 is 1.02 bits per heavy atom. The average molecular weight is 686 g/mol. The molecule has 0 saturated heterocycles. The zero-order chi connectivity index (χ0) is 35.7. The molecule has 8 rings (SSSR count). The molecule has 1 atom stereocenters. The predicted molar refractivity (Wildman–Crippen MR) is 227 cm³/mol. The Morgan fingerprint density at radius 1 is 0.500 bits per heavy atom. The zero-order valence-electron chi connectivity index (χ0n) is 32.4. The number of rotatable bonds is 17. The van der Waals surface area contributed by atoms with E-state index in [1.807, 2.05) is 0 Å². The van der Waals surface area contributed by atoms with E-state index >= 15 is 0 Å². The van der Waals surface area contributed by atoms with Crippen LogP contribution in [0.4, 0.5) is 0 Å². The summed E-state index contributed by atoms with van der Waals surface area (Å²) >= 11 is 0. The first-order valence-corrected chi connectivity index (χ1v) is 21.1. The van der Waals surface area contributed by atoms with Gasteiger partial charge < -0.3 is 4.40 Å². The third-order valence-corrected chi connectivity index (χ3v) is 13.0. The molecule has 268 valence electrons. The van der Waals surface area contributed by atoms with Crippen LogP contribution in [0.3, 0.4) is 0 Å². The first-order valence-electron chi connectivity index (χ1n) is 21.1. The summed E-state index contributed by atoms with van der Waals surface area (Å²) in [7, 11) is 0. The number of hydrogen-bond donors (Lipinski definition) is 0. The van der Waals surface area contributed by atoms with Crippen molar-refractivity contribution in [2.24, 2.45) is 0 Å². The van der Waals surface area contributed by atoms with Gasteiger partial charge >= 0.3 is 0 Å². The van der Waals surface area contributed by atoms with E-state index in [4.69, 9.17) is 0 Å². The van der Waals surface area contributed by atoms with E-state index in [-0.39, 0.29) is 5.41 Å². The van der Waals surface area contributed by atoms with Crippen LogP contribution in [0, 0.1) is 0 Å². The molecule has 0 spiro atoms. The Kier molecular flexibility index (Phi) is 10.1. The minimum atomic E-state index is 0.0726. The quantitative estimate of drug-likeness (QED) is 0.0841. The average Bonchev–Trinajstić information content (AvgIpc) is 3.80. The number of nitrogens with zero attached hydrogens (tertiary/aromatic N) is 1. The molecule has 1 nitrogen and oxygen atoms in total. The van der Waals surface area contributed by atoms with Gasteiger partial charge in [-0.2, -0.15) is 0 Å². The lowest BCUT2D eigenvalue weighted by Crippen LogP contribution is -2.26. The number of aromatic nitrogens is 1. The molecule has 1 unspecified atom stereocenters. The molecule has 0 fully saturated rings. The highest BCUT2D eigenvalue weighted by atomic mass is 14.9. The highest BCUT2D eigenvalue weighted by Gasteiger charge is 2.42. The third kappa shape index (κ3) is 6.03. The van der Waals surface area contributed by atoms with Crippen LogP contribution in [-0.2, 0) is 5.41 Å². The lowest BCUT2D eigenvalue weighted by molar-refractivity contribution is 0.397. The van der Waals surface area contributed by atoms with Crippen molar-refractivity contribution in [1.82, 2.24) is 4.40 Å². The second kappa shape index (κ2) is 15.1. The fourth-order valence-electron chi connectivity index (χ4n) is 9.93. The van der Waals surface area contributed by atoms with Crippen LogP contribution >= 0.6 is 0 Å². The van der Waals surface area contributed by atoms with Crippen LogP contribution < -0.4 is 0 Å². The van der Waals surface area contributed by atoms with E-state index in [9.17, 15) is 0 Å². The van der Waals surface area contributed by atoms with Crippen molar-refractivity contribution in [2.75, 3.05) is 0 Å². The Hall–Kier alpha value is -4.10. The summed E-state index contributed by atoms with van der Waals surface area (Å²) in [5, 5.41) is 5.43. The molecule has 0 aliphatic heterocycles. The lowest BCUT2D eigenvalue weighted by atomic mass is 9.69. The number of unbranched alkanes of at least 4 members (excludes halogenated alkanes) is 10. The molecule has 0 bridgehead atoms. The van der Waals surface area contributed by atoms with Gasteiger partial charge in [-0.1, -0.05) is 171 Å². The smallest absolute Gasteiger partial charge is 0.0620 e. The molecule has 1 aliphatic rings. The highest BCUT2D eigenvalue weighted by molar-refractivity contribution is 6.24. The van der Waals surface area contributed by atoms with Crippen LogP contribution in [0.15, 0.2) is 97.1 Å². The summed E-state index contributed by atoms with van der Waals surface area (Å²) in [6, 6.07) is 38.2. The first-order chi connectivity index (χ1) is 25.6. The van der Waals surface area contributed by atoms with Crippen molar-refractivity contribution in [3.63, 3.8) is 0 Å². The zero-order valence-corrected chi connectivity index (χ0v) is 32.4. The fourth-order valence-corrected chi connectivity index (χ4v) is 9.93. The van der Waals surface area contributed by atoms with Crippen molar-refractivity contribution in [2.45, 2.75) is 135 Å². The topological polar surface area (TPSA) is 4.41 Å². The van der Waals surface area contributed by atoms with Crippen molar-refractivity contribution in [1.29, 1.82) is 0 Å². The number of hydrogen-bond acceptors (Lipinski definition) is 0. The Labute approximate surface area is 312 Å². The summed E-state index contributed by atoms with van der Waals surface area (Å²) in [4.78, 5) is 0. The maximum atomic E-state index is 2.66. The standard InChI is InChI=1S/C51H59N/c1-5-8-10-12-14-20-30-51(31-21-15-13-11-9-6-2)46-34-37(36(4)7-3)26-28-40(46)41-29-27-38(35-47(41)51)39-32-44-42-22-16-18-24-48(42)52-49-25-19-17-23-43(49)45(33-39)50(44)52/h16-19,22-29,32-36H,5-15,20-21,30-31H2,1-4H3. The minimum Gasteiger partial charge on any atom is -0.308 e. The highest BCUT2D eigenvalue weighted by Crippen LogP contribution is 2.56. The third-order valence-electron chi connectivity index (χ3n) is 13.0. The molecule has 0 amide bonds. The first kappa shape index (κ1) is 35.0. The van der Waals surface area contributed by atoms with E-state index in [1.54, 1.807) is 11.1 Å². The van der Waals surface area contributed by atoms with Crippen molar-refractivity contribution < 1.29 is 0 Å². The molecule has 2 heterocycles. The minimum absolute atomic E-state index is 0.0726. The molecule has 5 aromatic carbocycles. The summed E-state index contributed by atoms with van der Waals surface area (Å²) in [6.45, 7) is 9.42. The van der Waals surface area contributed by atoms with E-state index in [0.29, 0.717) is 5.92 Å². The Morgan fingerprint density at radius 3 is 1.60 bits per heavy atom. The van der Waals surface area contributed by atoms with Crippen LogP contribution in [0.2, 0.25) is 0 Å². The van der Waals surface area contributed by atoms with Crippen LogP contribution in [0.1, 0.15) is 147 Å². The van der Waals surface area contributed by atoms with Gasteiger partial charge in [0, 0.05) is 27.0 Å². The Balaban J connectivity index is 1.27. The van der Waals surface area contributed by atoms with Gasteiger partial charge in [-0.05, 0) is 94.5 Å². The van der Waals surface area contributed by atoms with Crippen LogP contribution in [0.5, 0.6) is 0 Å². The van der Waals surface area contributed by atoms with Crippen molar-refractivity contribution in [3.8, 4) is 22.3 Å². The SMILES string of the molecule is CCCCCCCCC1(CCCCCCCC)c2cc(-c3cc4c5ccccc5n5c6ccccc6c(c3)c45)ccc2-c2ccc(C(C)CC)cc21. The largest absolute Gasteiger partial charge is 0.308 e. The second-order valence-corrected chi connectivity index (χ2v) is 16.3. The maximum Gasteiger partial charge on any atom is 0.0620 e. The molecule has 1 heteroatoms. The summed E-state index contributed by atoms with van der Waals surface area (Å²) in [5.41, 5.74) is 14.5. The fraction of sp³-hybridized carbons (Fsp3) is 0.412. The summed E-state index contributed by atoms with van der Waals surface area (Å²) in [5.74, 6) is 0.579. The van der Waals surface area contributed by atoms with Crippen molar-refractivity contribution >= 4 is 38.1 Å². The van der Waals surface area contributed by atoms with E-state index in [1.165, 1.54) is 162 Å². The van der Waals surface area contributed by atoms with Gasteiger partial charge in [-0.3, -0.25) is 0 Å². The van der Waals surface area contributed by atoms with E-state index < -0.39 is 0 Å². The molecule has 0 radical (unpaired) electrons. The normalized spacial score (nSPS) is 14.2. The summed E-state index contributed by atoms with van der Waals surface area (Å²) in [6.07, 6.45) is 19.8. The van der Waals surface area contributed by atoms with Crippen molar-refractivity contribution in [3.05, 3.63) is 114 Å². The number of para-hydroxylation sites is 2. The number of benzene rings is 5. The van der Waals surface area contributed by atoms with Crippen LogP contribution in [0.25, 0.3) is 60.3 Å². The van der Waals surface area contributed by atoms with Crippen LogP contribution in [-0.4, -0.2) is 4.40 Å². The molecule has 1 aliphatic carbocycles. The molecule has 7 aromatic rings. The van der Waals surface area contributed by atoms with E-state index in [2.05, 4.69) is 129 Å².